The van der Waals surface area contributed by atoms with E-state index in [-0.39, 0.29) is 0 Å². The third-order valence-corrected chi connectivity index (χ3v) is 2.70. The van der Waals surface area contributed by atoms with E-state index >= 15 is 0 Å². The Morgan fingerprint density at radius 3 is 2.62 bits per heavy atom. The molecule has 0 aliphatic carbocycles. The fourth-order valence-corrected chi connectivity index (χ4v) is 1.69. The van der Waals surface area contributed by atoms with E-state index in [4.69, 9.17) is 4.74 Å². The average molecular weight is 289 g/mol. The summed E-state index contributed by atoms with van der Waals surface area (Å²) in [5.41, 5.74) is 0. The van der Waals surface area contributed by atoms with Gasteiger partial charge in [0.25, 0.3) is 0 Å². The Morgan fingerprint density at radius 2 is 2.00 bits per heavy atom. The largest absolute Gasteiger partial charge is 0.385 e. The lowest BCUT2D eigenvalue weighted by Gasteiger charge is -2.10. The van der Waals surface area contributed by atoms with Crippen LogP contribution in [0.1, 0.15) is 13.3 Å². The van der Waals surface area contributed by atoms with Crippen LogP contribution in [0, 0.1) is 0 Å². The second-order valence-electron chi connectivity index (χ2n) is 3.19. The average Bonchev–Trinajstić information content (AvgIpc) is 2.29. The summed E-state index contributed by atoms with van der Waals surface area (Å²) in [4.78, 5) is 8.31. The van der Waals surface area contributed by atoms with Crippen LogP contribution in [0.5, 0.6) is 0 Å². The highest BCUT2D eigenvalue weighted by Gasteiger charge is 2.06. The predicted octanol–water partition coefficient (Wildman–Crippen LogP) is 2.12. The van der Waals surface area contributed by atoms with E-state index in [9.17, 15) is 0 Å². The Kier molecular flexibility index (Phi) is 6.10. The molecule has 1 heterocycles. The van der Waals surface area contributed by atoms with Crippen molar-refractivity contribution < 1.29 is 4.74 Å². The minimum absolute atomic E-state index is 0.746. The molecule has 1 rings (SSSR count). The van der Waals surface area contributed by atoms with Crippen LogP contribution in [0.3, 0.4) is 0 Å². The van der Waals surface area contributed by atoms with Gasteiger partial charge in [0.05, 0.1) is 0 Å². The van der Waals surface area contributed by atoms with Crippen LogP contribution in [0.25, 0.3) is 0 Å². The van der Waals surface area contributed by atoms with Crippen molar-refractivity contribution in [2.24, 2.45) is 0 Å². The molecule has 1 aromatic rings. The lowest BCUT2D eigenvalue weighted by atomic mass is 10.4. The summed E-state index contributed by atoms with van der Waals surface area (Å²) in [6.07, 6.45) is 2.49. The van der Waals surface area contributed by atoms with Crippen LogP contribution in [-0.4, -0.2) is 36.8 Å². The fraction of sp³-hybridized carbons (Fsp3) is 0.600. The van der Waals surface area contributed by atoms with Crippen molar-refractivity contribution in [1.82, 2.24) is 9.97 Å². The van der Waals surface area contributed by atoms with Crippen molar-refractivity contribution in [2.45, 2.75) is 13.3 Å². The maximum absolute atomic E-state index is 4.98. The number of nitrogens with one attached hydrogen (secondary N) is 2. The van der Waals surface area contributed by atoms with Gasteiger partial charge in [-0.1, -0.05) is 0 Å². The van der Waals surface area contributed by atoms with Crippen LogP contribution in [0.2, 0.25) is 0 Å². The molecule has 1 aromatic heterocycles. The molecule has 90 valence electrons. The molecule has 16 heavy (non-hydrogen) atoms. The first-order valence-corrected chi connectivity index (χ1v) is 6.06. The van der Waals surface area contributed by atoms with Crippen LogP contribution >= 0.6 is 15.9 Å². The Hall–Kier alpha value is -0.880. The number of methoxy groups -OCH3 is 1. The number of aromatic nitrogens is 2. The number of halogens is 1. The topological polar surface area (TPSA) is 59.1 Å². The van der Waals surface area contributed by atoms with Gasteiger partial charge in [0.15, 0.2) is 0 Å². The summed E-state index contributed by atoms with van der Waals surface area (Å²) in [5.74, 6) is 1.62. The van der Waals surface area contributed by atoms with Gasteiger partial charge in [-0.25, -0.2) is 9.97 Å². The smallest absolute Gasteiger partial charge is 0.145 e. The van der Waals surface area contributed by atoms with Crippen LogP contribution in [-0.2, 0) is 4.74 Å². The molecule has 0 aromatic carbocycles. The molecule has 0 saturated heterocycles. The van der Waals surface area contributed by atoms with Gasteiger partial charge in [-0.05, 0) is 29.3 Å². The Morgan fingerprint density at radius 1 is 1.31 bits per heavy atom. The van der Waals surface area contributed by atoms with Crippen molar-refractivity contribution in [2.75, 3.05) is 37.4 Å². The van der Waals surface area contributed by atoms with E-state index < -0.39 is 0 Å². The number of nitrogens with zero attached hydrogens (tertiary/aromatic N) is 2. The molecule has 0 radical (unpaired) electrons. The zero-order valence-corrected chi connectivity index (χ0v) is 11.2. The highest BCUT2D eigenvalue weighted by Crippen LogP contribution is 2.26. The SMILES string of the molecule is CCNc1ncnc(NCCCOC)c1Br. The third-order valence-electron chi connectivity index (χ3n) is 1.95. The van der Waals surface area contributed by atoms with E-state index in [0.29, 0.717) is 0 Å². The molecule has 0 saturated carbocycles. The van der Waals surface area contributed by atoms with Crippen LogP contribution in [0.4, 0.5) is 11.6 Å². The Balaban J connectivity index is 2.55. The maximum atomic E-state index is 4.98. The van der Waals surface area contributed by atoms with Gasteiger partial charge in [-0.2, -0.15) is 0 Å². The number of anilines is 2. The summed E-state index contributed by atoms with van der Waals surface area (Å²) in [7, 11) is 1.70. The van der Waals surface area contributed by atoms with Gasteiger partial charge in [-0.3, -0.25) is 0 Å². The molecule has 0 amide bonds. The minimum Gasteiger partial charge on any atom is -0.385 e. The van der Waals surface area contributed by atoms with Crippen molar-refractivity contribution in [1.29, 1.82) is 0 Å². The van der Waals surface area contributed by atoms with E-state index in [1.165, 1.54) is 0 Å². The number of hydrogen-bond acceptors (Lipinski definition) is 5. The Labute approximate surface area is 104 Å². The second kappa shape index (κ2) is 7.40. The highest BCUT2D eigenvalue weighted by molar-refractivity contribution is 9.10. The van der Waals surface area contributed by atoms with Crippen LogP contribution < -0.4 is 10.6 Å². The summed E-state index contributed by atoms with van der Waals surface area (Å²) in [6.45, 7) is 4.43. The highest BCUT2D eigenvalue weighted by atomic mass is 79.9. The van der Waals surface area contributed by atoms with Gasteiger partial charge >= 0.3 is 0 Å². The summed E-state index contributed by atoms with van der Waals surface area (Å²) < 4.78 is 5.85. The summed E-state index contributed by atoms with van der Waals surface area (Å²) in [6, 6.07) is 0. The number of hydrogen-bond donors (Lipinski definition) is 2. The van der Waals surface area contributed by atoms with Gasteiger partial charge < -0.3 is 15.4 Å². The second-order valence-corrected chi connectivity index (χ2v) is 3.98. The lowest BCUT2D eigenvalue weighted by Crippen LogP contribution is -2.09. The van der Waals surface area contributed by atoms with Gasteiger partial charge in [0.2, 0.25) is 0 Å². The van der Waals surface area contributed by atoms with E-state index in [1.54, 1.807) is 13.4 Å². The van der Waals surface area contributed by atoms with Crippen molar-refractivity contribution in [3.63, 3.8) is 0 Å². The quantitative estimate of drug-likeness (QED) is 0.753. The van der Waals surface area contributed by atoms with Crippen molar-refractivity contribution in [3.05, 3.63) is 10.8 Å². The molecule has 0 fully saturated rings. The van der Waals surface area contributed by atoms with E-state index in [1.807, 2.05) is 6.92 Å². The van der Waals surface area contributed by atoms with Crippen molar-refractivity contribution >= 4 is 27.6 Å². The third kappa shape index (κ3) is 3.94. The molecule has 0 unspecified atom stereocenters. The summed E-state index contributed by atoms with van der Waals surface area (Å²) in [5, 5.41) is 6.38. The van der Waals surface area contributed by atoms with Gasteiger partial charge in [0.1, 0.15) is 22.4 Å². The molecule has 0 spiro atoms. The normalized spacial score (nSPS) is 10.2. The van der Waals surface area contributed by atoms with Crippen LogP contribution in [0.15, 0.2) is 10.8 Å². The first-order valence-electron chi connectivity index (χ1n) is 5.26. The summed E-state index contributed by atoms with van der Waals surface area (Å²) >= 11 is 3.47. The Bertz CT molecular complexity index is 322. The standard InChI is InChI=1S/C10H17BrN4O/c1-3-12-9-8(11)10(15-7-14-9)13-5-4-6-16-2/h7H,3-6H2,1-2H3,(H2,12,13,14,15). The molecule has 6 heteroatoms. The molecule has 0 aliphatic rings. The van der Waals surface area contributed by atoms with Crippen molar-refractivity contribution in [3.8, 4) is 0 Å². The first kappa shape index (κ1) is 13.2. The zero-order chi connectivity index (χ0) is 11.8. The molecular formula is C10H17BrN4O. The number of rotatable bonds is 7. The minimum atomic E-state index is 0.746. The van der Waals surface area contributed by atoms with E-state index in [0.717, 1.165) is 42.2 Å². The number of ether oxygens (including phenoxy) is 1. The zero-order valence-electron chi connectivity index (χ0n) is 9.59. The van der Waals surface area contributed by atoms with Gasteiger partial charge in [-0.15, -0.1) is 0 Å². The van der Waals surface area contributed by atoms with Gasteiger partial charge in [0, 0.05) is 26.8 Å². The first-order chi connectivity index (χ1) is 7.79. The molecule has 5 nitrogen and oxygen atoms in total. The molecule has 0 aliphatic heterocycles. The molecule has 0 bridgehead atoms. The predicted molar refractivity (Wildman–Crippen MR) is 68.9 cm³/mol. The molecular weight excluding hydrogens is 272 g/mol. The fourth-order valence-electron chi connectivity index (χ4n) is 1.21. The van der Waals surface area contributed by atoms with E-state index in [2.05, 4.69) is 36.5 Å². The monoisotopic (exact) mass is 288 g/mol. The molecule has 2 N–H and O–H groups in total. The molecule has 0 atom stereocenters. The maximum Gasteiger partial charge on any atom is 0.145 e. The lowest BCUT2D eigenvalue weighted by molar-refractivity contribution is 0.197.